The zero-order valence-corrected chi connectivity index (χ0v) is 9.09. The average molecular weight is 203 g/mol. The highest BCUT2D eigenvalue weighted by atomic mass is 14.9. The van der Waals surface area contributed by atoms with E-state index in [1.807, 2.05) is 0 Å². The van der Waals surface area contributed by atoms with E-state index in [4.69, 9.17) is 5.73 Å². The van der Waals surface area contributed by atoms with Crippen LogP contribution in [0.3, 0.4) is 0 Å². The van der Waals surface area contributed by atoms with E-state index in [1.54, 1.807) is 0 Å². The van der Waals surface area contributed by atoms with Gasteiger partial charge >= 0.3 is 0 Å². The van der Waals surface area contributed by atoms with Crippen LogP contribution in [-0.4, -0.2) is 16.5 Å². The summed E-state index contributed by atoms with van der Waals surface area (Å²) < 4.78 is 0. The van der Waals surface area contributed by atoms with Gasteiger partial charge in [-0.05, 0) is 37.1 Å². The third kappa shape index (κ3) is 2.18. The van der Waals surface area contributed by atoms with Crippen molar-refractivity contribution >= 4 is 11.0 Å². The molecule has 0 saturated heterocycles. The number of H-pyrrole nitrogens is 1. The van der Waals surface area contributed by atoms with Crippen LogP contribution in [0.15, 0.2) is 18.2 Å². The lowest BCUT2D eigenvalue weighted by Gasteiger charge is -1.96. The van der Waals surface area contributed by atoms with Crippen molar-refractivity contribution in [1.82, 2.24) is 9.97 Å². The molecule has 0 saturated carbocycles. The highest BCUT2D eigenvalue weighted by Crippen LogP contribution is 2.14. The second-order valence-corrected chi connectivity index (χ2v) is 3.82. The Kier molecular flexibility index (Phi) is 3.02. The predicted molar refractivity (Wildman–Crippen MR) is 62.8 cm³/mol. The molecule has 1 aromatic carbocycles. The van der Waals surface area contributed by atoms with Crippen LogP contribution in [0.4, 0.5) is 0 Å². The van der Waals surface area contributed by atoms with Gasteiger partial charge in [-0.2, -0.15) is 0 Å². The minimum atomic E-state index is 0.696. The van der Waals surface area contributed by atoms with Crippen LogP contribution in [0.1, 0.15) is 24.7 Å². The number of hydrogen-bond acceptors (Lipinski definition) is 2. The van der Waals surface area contributed by atoms with Gasteiger partial charge in [-0.25, -0.2) is 4.98 Å². The number of benzene rings is 1. The Labute approximate surface area is 89.7 Å². The van der Waals surface area contributed by atoms with E-state index in [1.165, 1.54) is 5.56 Å². The largest absolute Gasteiger partial charge is 0.342 e. The summed E-state index contributed by atoms with van der Waals surface area (Å²) in [6, 6.07) is 6.32. The molecule has 3 nitrogen and oxygen atoms in total. The summed E-state index contributed by atoms with van der Waals surface area (Å²) >= 11 is 0. The summed E-state index contributed by atoms with van der Waals surface area (Å²) in [5, 5.41) is 0. The molecule has 1 aromatic heterocycles. The van der Waals surface area contributed by atoms with Crippen LogP contribution in [-0.2, 0) is 12.8 Å². The molecule has 3 heteroatoms. The molecule has 0 atom stereocenters. The van der Waals surface area contributed by atoms with Crippen LogP contribution in [0.25, 0.3) is 11.0 Å². The Bertz CT molecular complexity index is 441. The maximum Gasteiger partial charge on any atom is 0.107 e. The Morgan fingerprint density at radius 1 is 1.33 bits per heavy atom. The number of nitrogens with one attached hydrogen (secondary N) is 1. The molecule has 0 unspecified atom stereocenters. The first-order valence-electron chi connectivity index (χ1n) is 5.51. The molecule has 1 heterocycles. The number of fused-ring (bicyclic) bond motifs is 1. The van der Waals surface area contributed by atoms with Crippen molar-refractivity contribution in [3.63, 3.8) is 0 Å². The third-order valence-electron chi connectivity index (χ3n) is 2.52. The first-order valence-corrected chi connectivity index (χ1v) is 5.51. The normalized spacial score (nSPS) is 11.1. The Morgan fingerprint density at radius 3 is 2.93 bits per heavy atom. The third-order valence-corrected chi connectivity index (χ3v) is 2.52. The van der Waals surface area contributed by atoms with Crippen LogP contribution < -0.4 is 5.73 Å². The predicted octanol–water partition coefficient (Wildman–Crippen LogP) is 2.02. The molecule has 80 valence electrons. The SMILES string of the molecule is CCCc1nc2ccc(CCN)cc2[nH]1. The van der Waals surface area contributed by atoms with Crippen molar-refractivity contribution < 1.29 is 0 Å². The molecular weight excluding hydrogens is 186 g/mol. The van der Waals surface area contributed by atoms with Crippen molar-refractivity contribution in [1.29, 1.82) is 0 Å². The maximum atomic E-state index is 5.53. The Hall–Kier alpha value is -1.35. The fourth-order valence-electron chi connectivity index (χ4n) is 1.79. The monoisotopic (exact) mass is 203 g/mol. The van der Waals surface area contributed by atoms with Crippen molar-refractivity contribution in [2.24, 2.45) is 5.73 Å². The number of aryl methyl sites for hydroxylation is 1. The summed E-state index contributed by atoms with van der Waals surface area (Å²) in [6.07, 6.45) is 3.06. The zero-order chi connectivity index (χ0) is 10.7. The molecule has 15 heavy (non-hydrogen) atoms. The van der Waals surface area contributed by atoms with Gasteiger partial charge in [-0.3, -0.25) is 0 Å². The minimum absolute atomic E-state index is 0.696. The zero-order valence-electron chi connectivity index (χ0n) is 9.09. The van der Waals surface area contributed by atoms with Gasteiger partial charge < -0.3 is 10.7 Å². The van der Waals surface area contributed by atoms with Crippen molar-refractivity contribution in [2.75, 3.05) is 6.54 Å². The second-order valence-electron chi connectivity index (χ2n) is 3.82. The molecule has 3 N–H and O–H groups in total. The first kappa shape index (κ1) is 10.2. The standard InChI is InChI=1S/C12H17N3/c1-2-3-12-14-10-5-4-9(6-7-13)8-11(10)15-12/h4-5,8H,2-3,6-7,13H2,1H3,(H,14,15). The molecule has 0 radical (unpaired) electrons. The smallest absolute Gasteiger partial charge is 0.107 e. The number of nitrogens with zero attached hydrogens (tertiary/aromatic N) is 1. The van der Waals surface area contributed by atoms with Crippen LogP contribution in [0.5, 0.6) is 0 Å². The Morgan fingerprint density at radius 2 is 2.20 bits per heavy atom. The molecule has 0 aliphatic rings. The molecule has 0 spiro atoms. The van der Waals surface area contributed by atoms with Gasteiger partial charge in [0.15, 0.2) is 0 Å². The fourth-order valence-corrected chi connectivity index (χ4v) is 1.79. The van der Waals surface area contributed by atoms with E-state index in [-0.39, 0.29) is 0 Å². The van der Waals surface area contributed by atoms with Gasteiger partial charge in [0.25, 0.3) is 0 Å². The second kappa shape index (κ2) is 4.45. The summed E-state index contributed by atoms with van der Waals surface area (Å²) in [5.74, 6) is 1.08. The molecule has 0 aliphatic carbocycles. The number of imidazole rings is 1. The Balaban J connectivity index is 2.34. The van der Waals surface area contributed by atoms with Gasteiger partial charge in [0, 0.05) is 6.42 Å². The van der Waals surface area contributed by atoms with E-state index in [2.05, 4.69) is 35.1 Å². The average Bonchev–Trinajstić information content (AvgIpc) is 2.60. The van der Waals surface area contributed by atoms with Crippen molar-refractivity contribution in [3.8, 4) is 0 Å². The molecule has 0 fully saturated rings. The lowest BCUT2D eigenvalue weighted by molar-refractivity contribution is 0.861. The van der Waals surface area contributed by atoms with Gasteiger partial charge in [0.05, 0.1) is 11.0 Å². The highest BCUT2D eigenvalue weighted by Gasteiger charge is 2.02. The summed E-state index contributed by atoms with van der Waals surface area (Å²) in [6.45, 7) is 2.86. The maximum absolute atomic E-state index is 5.53. The lowest BCUT2D eigenvalue weighted by Crippen LogP contribution is -2.02. The number of aromatic nitrogens is 2. The van der Waals surface area contributed by atoms with E-state index >= 15 is 0 Å². The highest BCUT2D eigenvalue weighted by molar-refractivity contribution is 5.75. The summed E-state index contributed by atoms with van der Waals surface area (Å²) in [5.41, 5.74) is 8.99. The van der Waals surface area contributed by atoms with Crippen LogP contribution >= 0.6 is 0 Å². The van der Waals surface area contributed by atoms with Crippen molar-refractivity contribution in [3.05, 3.63) is 29.6 Å². The molecule has 2 aromatic rings. The van der Waals surface area contributed by atoms with E-state index < -0.39 is 0 Å². The van der Waals surface area contributed by atoms with Crippen LogP contribution in [0, 0.1) is 0 Å². The topological polar surface area (TPSA) is 54.7 Å². The van der Waals surface area contributed by atoms with Gasteiger partial charge in [0.1, 0.15) is 5.82 Å². The molecule has 2 rings (SSSR count). The lowest BCUT2D eigenvalue weighted by atomic mass is 10.1. The molecule has 0 amide bonds. The van der Waals surface area contributed by atoms with E-state index in [9.17, 15) is 0 Å². The molecule has 0 aliphatic heterocycles. The molecular formula is C12H17N3. The van der Waals surface area contributed by atoms with Crippen LogP contribution in [0.2, 0.25) is 0 Å². The number of hydrogen-bond donors (Lipinski definition) is 2. The summed E-state index contributed by atoms with van der Waals surface area (Å²) in [4.78, 5) is 7.86. The van der Waals surface area contributed by atoms with Gasteiger partial charge in [-0.15, -0.1) is 0 Å². The minimum Gasteiger partial charge on any atom is -0.342 e. The molecule has 0 bridgehead atoms. The van der Waals surface area contributed by atoms with Crippen molar-refractivity contribution in [2.45, 2.75) is 26.2 Å². The van der Waals surface area contributed by atoms with Gasteiger partial charge in [-0.1, -0.05) is 13.0 Å². The van der Waals surface area contributed by atoms with Gasteiger partial charge in [0.2, 0.25) is 0 Å². The number of rotatable bonds is 4. The summed E-state index contributed by atoms with van der Waals surface area (Å²) in [7, 11) is 0. The quantitative estimate of drug-likeness (QED) is 0.798. The fraction of sp³-hybridized carbons (Fsp3) is 0.417. The van der Waals surface area contributed by atoms with E-state index in [0.29, 0.717) is 6.54 Å². The number of nitrogens with two attached hydrogens (primary N) is 1. The number of aromatic amines is 1. The first-order chi connectivity index (χ1) is 7.33. The van der Waals surface area contributed by atoms with E-state index in [0.717, 1.165) is 36.1 Å².